The van der Waals surface area contributed by atoms with Crippen molar-refractivity contribution in [2.24, 2.45) is 10.9 Å². The fourth-order valence-corrected chi connectivity index (χ4v) is 3.66. The number of aryl methyl sites for hydroxylation is 1. The maximum absolute atomic E-state index is 6.16. The number of nitrogens with zero attached hydrogens (tertiary/aromatic N) is 2. The van der Waals surface area contributed by atoms with Gasteiger partial charge in [0.05, 0.1) is 26.3 Å². The molecule has 2 heterocycles. The molecule has 1 aliphatic rings. The topological polar surface area (TPSA) is 80.9 Å². The summed E-state index contributed by atoms with van der Waals surface area (Å²) in [7, 11) is 0. The lowest BCUT2D eigenvalue weighted by Crippen LogP contribution is -2.36. The lowest BCUT2D eigenvalue weighted by molar-refractivity contribution is 0.166. The van der Waals surface area contributed by atoms with Crippen LogP contribution in [0.1, 0.15) is 30.2 Å². The fraction of sp³-hybridized carbons (Fsp3) is 0.385. The van der Waals surface area contributed by atoms with Crippen molar-refractivity contribution in [3.05, 3.63) is 71.4 Å². The molecule has 1 unspecified atom stereocenters. The molecule has 1 atom stereocenters. The smallest absolute Gasteiger partial charge is 0.191 e. The third-order valence-corrected chi connectivity index (χ3v) is 5.53. The molecule has 8 heteroatoms. The molecular formula is C26H33IN4O3. The second kappa shape index (κ2) is 13.3. The third-order valence-electron chi connectivity index (χ3n) is 5.53. The molecule has 0 spiro atoms. The Kier molecular flexibility index (Phi) is 10.2. The van der Waals surface area contributed by atoms with Gasteiger partial charge in [-0.05, 0) is 31.9 Å². The van der Waals surface area contributed by atoms with Gasteiger partial charge >= 0.3 is 0 Å². The van der Waals surface area contributed by atoms with Gasteiger partial charge in [0.25, 0.3) is 0 Å². The molecule has 2 N–H and O–H groups in total. The first-order chi connectivity index (χ1) is 16.2. The Labute approximate surface area is 218 Å². The first kappa shape index (κ1) is 26.0. The summed E-state index contributed by atoms with van der Waals surface area (Å²) in [5, 5.41) is 10.8. The van der Waals surface area contributed by atoms with Crippen LogP contribution in [-0.2, 0) is 17.8 Å². The Hall–Kier alpha value is -2.59. The van der Waals surface area contributed by atoms with E-state index in [-0.39, 0.29) is 24.0 Å². The number of aliphatic imine (C=N–C) groups is 1. The molecule has 0 saturated carbocycles. The van der Waals surface area contributed by atoms with Crippen LogP contribution in [0.25, 0.3) is 11.3 Å². The van der Waals surface area contributed by atoms with Gasteiger partial charge in [-0.1, -0.05) is 47.6 Å². The maximum atomic E-state index is 6.16. The van der Waals surface area contributed by atoms with E-state index in [0.29, 0.717) is 25.6 Å². The number of ether oxygens (including phenoxy) is 2. The minimum Gasteiger partial charge on any atom is -0.493 e. The fourth-order valence-electron chi connectivity index (χ4n) is 3.66. The quantitative estimate of drug-likeness (QED) is 0.214. The summed E-state index contributed by atoms with van der Waals surface area (Å²) in [5.74, 6) is 2.83. The lowest BCUT2D eigenvalue weighted by Gasteiger charge is -2.15. The van der Waals surface area contributed by atoms with Gasteiger partial charge in [-0.25, -0.2) is 4.99 Å². The molecular weight excluding hydrogens is 543 g/mol. The molecule has 3 aromatic rings. The zero-order valence-corrected chi connectivity index (χ0v) is 22.1. The highest BCUT2D eigenvalue weighted by Gasteiger charge is 2.17. The van der Waals surface area contributed by atoms with Crippen LogP contribution in [0.5, 0.6) is 5.75 Å². The van der Waals surface area contributed by atoms with Crippen molar-refractivity contribution in [3.63, 3.8) is 0 Å². The van der Waals surface area contributed by atoms with Gasteiger partial charge in [0, 0.05) is 36.3 Å². The van der Waals surface area contributed by atoms with E-state index in [9.17, 15) is 0 Å². The van der Waals surface area contributed by atoms with E-state index in [4.69, 9.17) is 19.0 Å². The van der Waals surface area contributed by atoms with Crippen molar-refractivity contribution >= 4 is 29.9 Å². The monoisotopic (exact) mass is 576 g/mol. The van der Waals surface area contributed by atoms with Crippen molar-refractivity contribution in [2.45, 2.75) is 33.4 Å². The molecule has 2 aromatic carbocycles. The second-order valence-electron chi connectivity index (χ2n) is 8.25. The Morgan fingerprint density at radius 2 is 2.00 bits per heavy atom. The van der Waals surface area contributed by atoms with E-state index >= 15 is 0 Å². The molecule has 0 aliphatic carbocycles. The van der Waals surface area contributed by atoms with Crippen LogP contribution < -0.4 is 15.4 Å². The van der Waals surface area contributed by atoms with E-state index in [2.05, 4.69) is 40.9 Å². The van der Waals surface area contributed by atoms with Crippen molar-refractivity contribution in [3.8, 4) is 17.1 Å². The highest BCUT2D eigenvalue weighted by molar-refractivity contribution is 14.0. The summed E-state index contributed by atoms with van der Waals surface area (Å²) in [4.78, 5) is 4.77. The van der Waals surface area contributed by atoms with E-state index in [0.717, 1.165) is 60.5 Å². The minimum absolute atomic E-state index is 0. The van der Waals surface area contributed by atoms with Crippen molar-refractivity contribution in [1.82, 2.24) is 15.8 Å². The van der Waals surface area contributed by atoms with Crippen LogP contribution in [0, 0.1) is 12.8 Å². The summed E-state index contributed by atoms with van der Waals surface area (Å²) in [6.07, 6.45) is 1.06. The highest BCUT2D eigenvalue weighted by atomic mass is 127. The molecule has 0 radical (unpaired) electrons. The van der Waals surface area contributed by atoms with Crippen molar-refractivity contribution < 1.29 is 14.0 Å². The third kappa shape index (κ3) is 7.46. The summed E-state index contributed by atoms with van der Waals surface area (Å²) in [6, 6.07) is 18.2. The number of benzene rings is 2. The first-order valence-electron chi connectivity index (χ1n) is 11.5. The number of aromatic nitrogens is 1. The molecule has 1 saturated heterocycles. The molecule has 1 fully saturated rings. The number of halogens is 1. The zero-order valence-electron chi connectivity index (χ0n) is 19.8. The second-order valence-corrected chi connectivity index (χ2v) is 8.25. The lowest BCUT2D eigenvalue weighted by atomic mass is 10.1. The Morgan fingerprint density at radius 1 is 1.15 bits per heavy atom. The SMILES string of the molecule is CCNC(=NCc1ccc(C)cc1OCC1CCOC1)NCc1cc(-c2ccccc2)on1.I. The van der Waals surface area contributed by atoms with Crippen molar-refractivity contribution in [2.75, 3.05) is 26.4 Å². The van der Waals surface area contributed by atoms with Crippen LogP contribution in [-0.4, -0.2) is 37.5 Å². The van der Waals surface area contributed by atoms with Crippen LogP contribution in [0.2, 0.25) is 0 Å². The molecule has 1 aliphatic heterocycles. The van der Waals surface area contributed by atoms with Gasteiger partial charge < -0.3 is 24.6 Å². The average molecular weight is 576 g/mol. The number of nitrogens with one attached hydrogen (secondary N) is 2. The Bertz CT molecular complexity index is 1050. The summed E-state index contributed by atoms with van der Waals surface area (Å²) in [5.41, 5.74) is 4.06. The number of hydrogen-bond acceptors (Lipinski definition) is 5. The molecule has 4 rings (SSSR count). The van der Waals surface area contributed by atoms with Crippen LogP contribution in [0.4, 0.5) is 0 Å². The Balaban J connectivity index is 0.00000324. The van der Waals surface area contributed by atoms with Crippen LogP contribution in [0.3, 0.4) is 0 Å². The predicted octanol–water partition coefficient (Wildman–Crippen LogP) is 4.94. The highest BCUT2D eigenvalue weighted by Crippen LogP contribution is 2.24. The van der Waals surface area contributed by atoms with Crippen molar-refractivity contribution in [1.29, 1.82) is 0 Å². The molecule has 0 bridgehead atoms. The average Bonchev–Trinajstić information content (AvgIpc) is 3.53. The molecule has 34 heavy (non-hydrogen) atoms. The number of rotatable bonds is 9. The van der Waals surface area contributed by atoms with E-state index in [1.54, 1.807) is 0 Å². The van der Waals surface area contributed by atoms with E-state index in [1.165, 1.54) is 5.56 Å². The number of guanidine groups is 1. The summed E-state index contributed by atoms with van der Waals surface area (Å²) in [6.45, 7) is 8.20. The summed E-state index contributed by atoms with van der Waals surface area (Å²) >= 11 is 0. The maximum Gasteiger partial charge on any atom is 0.191 e. The van der Waals surface area contributed by atoms with Gasteiger partial charge in [-0.2, -0.15) is 0 Å². The first-order valence-corrected chi connectivity index (χ1v) is 11.5. The largest absolute Gasteiger partial charge is 0.493 e. The minimum atomic E-state index is 0. The van der Waals surface area contributed by atoms with Gasteiger partial charge in [0.2, 0.25) is 0 Å². The van der Waals surface area contributed by atoms with Gasteiger partial charge in [-0.15, -0.1) is 24.0 Å². The number of hydrogen-bond donors (Lipinski definition) is 2. The normalized spacial score (nSPS) is 15.6. The molecule has 1 aromatic heterocycles. The molecule has 7 nitrogen and oxygen atoms in total. The molecule has 0 amide bonds. The van der Waals surface area contributed by atoms with Crippen LogP contribution in [0.15, 0.2) is 64.1 Å². The van der Waals surface area contributed by atoms with E-state index in [1.807, 2.05) is 43.3 Å². The van der Waals surface area contributed by atoms with Crippen LogP contribution >= 0.6 is 24.0 Å². The zero-order chi connectivity index (χ0) is 22.9. The molecule has 182 valence electrons. The summed E-state index contributed by atoms with van der Waals surface area (Å²) < 4.78 is 17.1. The van der Waals surface area contributed by atoms with Gasteiger partial charge in [0.1, 0.15) is 11.4 Å². The van der Waals surface area contributed by atoms with Gasteiger partial charge in [-0.3, -0.25) is 0 Å². The van der Waals surface area contributed by atoms with E-state index < -0.39 is 0 Å². The standard InChI is InChI=1S/C26H32N4O3.HI/c1-3-27-26(29-16-23-14-25(33-30-23)21-7-5-4-6-8-21)28-15-22-10-9-19(2)13-24(22)32-18-20-11-12-31-17-20;/h4-10,13-14,20H,3,11-12,15-18H2,1-2H3,(H2,27,28,29);1H. The van der Waals surface area contributed by atoms with Gasteiger partial charge in [0.15, 0.2) is 11.7 Å². The predicted molar refractivity (Wildman–Crippen MR) is 145 cm³/mol. The Morgan fingerprint density at radius 3 is 2.76 bits per heavy atom.